The second-order valence-electron chi connectivity index (χ2n) is 5.28. The summed E-state index contributed by atoms with van der Waals surface area (Å²) >= 11 is 0. The van der Waals surface area contributed by atoms with Crippen LogP contribution in [-0.4, -0.2) is 49.1 Å². The van der Waals surface area contributed by atoms with E-state index in [0.717, 1.165) is 6.54 Å². The van der Waals surface area contributed by atoms with E-state index < -0.39 is 0 Å². The Hall–Kier alpha value is -0.0800. The van der Waals surface area contributed by atoms with Crippen molar-refractivity contribution >= 4 is 0 Å². The molecular formula is C13H30N2. The first-order valence-corrected chi connectivity index (χ1v) is 6.19. The van der Waals surface area contributed by atoms with Crippen molar-refractivity contribution in [1.29, 1.82) is 0 Å². The Kier molecular flexibility index (Phi) is 5.82. The predicted octanol–water partition coefficient (Wildman–Crippen LogP) is 2.69. The van der Waals surface area contributed by atoms with E-state index in [0.29, 0.717) is 12.0 Å². The summed E-state index contributed by atoms with van der Waals surface area (Å²) in [5.74, 6) is 0.662. The van der Waals surface area contributed by atoms with Gasteiger partial charge in [-0.25, -0.2) is 0 Å². The van der Waals surface area contributed by atoms with Crippen molar-refractivity contribution in [2.24, 2.45) is 5.92 Å². The zero-order valence-corrected chi connectivity index (χ0v) is 12.0. The van der Waals surface area contributed by atoms with Gasteiger partial charge in [0.2, 0.25) is 0 Å². The van der Waals surface area contributed by atoms with Gasteiger partial charge in [-0.1, -0.05) is 27.7 Å². The molecule has 2 unspecified atom stereocenters. The highest BCUT2D eigenvalue weighted by molar-refractivity contribution is 4.97. The summed E-state index contributed by atoms with van der Waals surface area (Å²) in [6.45, 7) is 12.7. The topological polar surface area (TPSA) is 6.48 Å². The summed E-state index contributed by atoms with van der Waals surface area (Å²) in [4.78, 5) is 4.86. The van der Waals surface area contributed by atoms with Crippen molar-refractivity contribution in [3.05, 3.63) is 0 Å². The van der Waals surface area contributed by atoms with Gasteiger partial charge in [-0.05, 0) is 47.0 Å². The van der Waals surface area contributed by atoms with Crippen LogP contribution in [0.1, 0.15) is 41.0 Å². The lowest BCUT2D eigenvalue weighted by molar-refractivity contribution is 0.00882. The van der Waals surface area contributed by atoms with E-state index >= 15 is 0 Å². The van der Waals surface area contributed by atoms with Gasteiger partial charge in [-0.15, -0.1) is 0 Å². The van der Waals surface area contributed by atoms with Gasteiger partial charge < -0.3 is 4.90 Å². The first kappa shape index (κ1) is 14.9. The molecule has 0 radical (unpaired) electrons. The van der Waals surface area contributed by atoms with Gasteiger partial charge in [0.15, 0.2) is 0 Å². The molecule has 0 bridgehead atoms. The van der Waals surface area contributed by atoms with E-state index in [2.05, 4.69) is 65.6 Å². The molecule has 92 valence electrons. The smallest absolute Gasteiger partial charge is 0.0355 e. The van der Waals surface area contributed by atoms with Crippen LogP contribution in [0.15, 0.2) is 0 Å². The molecule has 0 spiro atoms. The molecule has 0 aliphatic carbocycles. The van der Waals surface area contributed by atoms with Gasteiger partial charge in [0.25, 0.3) is 0 Å². The Balaban J connectivity index is 5.07. The van der Waals surface area contributed by atoms with E-state index in [-0.39, 0.29) is 5.54 Å². The van der Waals surface area contributed by atoms with Crippen LogP contribution in [0, 0.1) is 5.92 Å². The maximum Gasteiger partial charge on any atom is 0.0355 e. The van der Waals surface area contributed by atoms with Crippen LogP contribution in [0.25, 0.3) is 0 Å². The highest BCUT2D eigenvalue weighted by atomic mass is 15.2. The van der Waals surface area contributed by atoms with Crippen molar-refractivity contribution in [2.45, 2.75) is 52.6 Å². The fraction of sp³-hybridized carbons (Fsp3) is 1.00. The molecule has 2 nitrogen and oxygen atoms in total. The molecule has 2 heteroatoms. The van der Waals surface area contributed by atoms with Gasteiger partial charge >= 0.3 is 0 Å². The summed E-state index contributed by atoms with van der Waals surface area (Å²) in [5.41, 5.74) is 0.257. The Labute approximate surface area is 96.6 Å². The highest BCUT2D eigenvalue weighted by Crippen LogP contribution is 2.31. The average molecular weight is 214 g/mol. The Morgan fingerprint density at radius 3 is 1.73 bits per heavy atom. The quantitative estimate of drug-likeness (QED) is 0.671. The molecule has 0 amide bonds. The van der Waals surface area contributed by atoms with Crippen molar-refractivity contribution < 1.29 is 0 Å². The molecule has 0 N–H and O–H groups in total. The molecule has 0 rings (SSSR count). The summed E-state index contributed by atoms with van der Waals surface area (Å²) < 4.78 is 0. The van der Waals surface area contributed by atoms with Crippen LogP contribution in [0.4, 0.5) is 0 Å². The molecule has 15 heavy (non-hydrogen) atoms. The minimum Gasteiger partial charge on any atom is -0.305 e. The standard InChI is InChI=1S/C13H30N2/c1-9-12(14(6)7)13(5,11(3)4)15(8)10-2/h11-12H,9-10H2,1-8H3. The highest BCUT2D eigenvalue weighted by Gasteiger charge is 2.40. The van der Waals surface area contributed by atoms with Crippen molar-refractivity contribution in [1.82, 2.24) is 9.80 Å². The second kappa shape index (κ2) is 5.86. The van der Waals surface area contributed by atoms with Crippen molar-refractivity contribution in [3.8, 4) is 0 Å². The molecule has 0 aliphatic rings. The molecule has 0 aliphatic heterocycles. The first-order valence-electron chi connectivity index (χ1n) is 6.19. The maximum absolute atomic E-state index is 2.49. The van der Waals surface area contributed by atoms with Gasteiger partial charge in [0.1, 0.15) is 0 Å². The lowest BCUT2D eigenvalue weighted by Crippen LogP contribution is -2.60. The van der Waals surface area contributed by atoms with Crippen molar-refractivity contribution in [3.63, 3.8) is 0 Å². The fourth-order valence-corrected chi connectivity index (χ4v) is 2.72. The van der Waals surface area contributed by atoms with Crippen LogP contribution >= 0.6 is 0 Å². The minimum atomic E-state index is 0.257. The Bertz CT molecular complexity index is 177. The second-order valence-corrected chi connectivity index (χ2v) is 5.28. The van der Waals surface area contributed by atoms with Crippen molar-refractivity contribution in [2.75, 3.05) is 27.7 Å². The van der Waals surface area contributed by atoms with Crippen LogP contribution in [0.5, 0.6) is 0 Å². The normalized spacial score (nSPS) is 18.6. The van der Waals surface area contributed by atoms with E-state index in [9.17, 15) is 0 Å². The molecule has 2 atom stereocenters. The third kappa shape index (κ3) is 2.94. The summed E-state index contributed by atoms with van der Waals surface area (Å²) in [5, 5.41) is 0. The van der Waals surface area contributed by atoms with Gasteiger partial charge in [-0.2, -0.15) is 0 Å². The van der Waals surface area contributed by atoms with E-state index in [1.165, 1.54) is 6.42 Å². The molecule has 0 fully saturated rings. The summed E-state index contributed by atoms with van der Waals surface area (Å²) in [7, 11) is 6.63. The Morgan fingerprint density at radius 2 is 1.53 bits per heavy atom. The largest absolute Gasteiger partial charge is 0.305 e. The number of likely N-dealkylation sites (N-methyl/N-ethyl adjacent to an activating group) is 2. The molecule has 0 aromatic rings. The molecule has 0 saturated carbocycles. The lowest BCUT2D eigenvalue weighted by Gasteiger charge is -2.50. The van der Waals surface area contributed by atoms with E-state index in [4.69, 9.17) is 0 Å². The monoisotopic (exact) mass is 214 g/mol. The zero-order chi connectivity index (χ0) is 12.2. The average Bonchev–Trinajstić information content (AvgIpc) is 2.16. The number of hydrogen-bond acceptors (Lipinski definition) is 2. The van der Waals surface area contributed by atoms with Gasteiger partial charge in [-0.3, -0.25) is 4.90 Å². The van der Waals surface area contributed by atoms with Crippen LogP contribution < -0.4 is 0 Å². The summed E-state index contributed by atoms with van der Waals surface area (Å²) in [6, 6.07) is 0.613. The van der Waals surface area contributed by atoms with Gasteiger partial charge in [0.05, 0.1) is 0 Å². The SMILES string of the molecule is CCC(N(C)C)C(C)(C(C)C)N(C)CC. The number of nitrogens with zero attached hydrogens (tertiary/aromatic N) is 2. The van der Waals surface area contributed by atoms with Crippen LogP contribution in [0.2, 0.25) is 0 Å². The molecule has 0 aromatic heterocycles. The Morgan fingerprint density at radius 1 is 1.07 bits per heavy atom. The zero-order valence-electron chi connectivity index (χ0n) is 12.0. The molecular weight excluding hydrogens is 184 g/mol. The predicted molar refractivity (Wildman–Crippen MR) is 69.3 cm³/mol. The fourth-order valence-electron chi connectivity index (χ4n) is 2.72. The third-order valence-electron chi connectivity index (χ3n) is 4.15. The molecule has 0 heterocycles. The number of rotatable bonds is 6. The number of hydrogen-bond donors (Lipinski definition) is 0. The summed E-state index contributed by atoms with van der Waals surface area (Å²) in [6.07, 6.45) is 1.20. The van der Waals surface area contributed by atoms with Crippen LogP contribution in [0.3, 0.4) is 0 Å². The first-order chi connectivity index (χ1) is 6.82. The third-order valence-corrected chi connectivity index (χ3v) is 4.15. The minimum absolute atomic E-state index is 0.257. The lowest BCUT2D eigenvalue weighted by atomic mass is 9.78. The maximum atomic E-state index is 2.49. The molecule has 0 aromatic carbocycles. The molecule has 0 saturated heterocycles. The van der Waals surface area contributed by atoms with E-state index in [1.807, 2.05) is 0 Å². The van der Waals surface area contributed by atoms with Crippen LogP contribution in [-0.2, 0) is 0 Å². The van der Waals surface area contributed by atoms with E-state index in [1.54, 1.807) is 0 Å². The van der Waals surface area contributed by atoms with Gasteiger partial charge in [0, 0.05) is 11.6 Å².